The Morgan fingerprint density at radius 2 is 2.00 bits per heavy atom. The molecule has 0 bridgehead atoms. The summed E-state index contributed by atoms with van der Waals surface area (Å²) < 4.78 is 41.2. The van der Waals surface area contributed by atoms with Crippen LogP contribution in [0, 0.1) is 0 Å². The molecule has 4 rings (SSSR count). The van der Waals surface area contributed by atoms with Crippen LogP contribution in [0.2, 0.25) is 5.02 Å². The van der Waals surface area contributed by atoms with Crippen LogP contribution in [-0.4, -0.2) is 32.5 Å². The Hall–Kier alpha value is -3.33. The zero-order valence-electron chi connectivity index (χ0n) is 14.9. The minimum absolute atomic E-state index is 0.0760. The Morgan fingerprint density at radius 1 is 1.21 bits per heavy atom. The van der Waals surface area contributed by atoms with Gasteiger partial charge in [0.2, 0.25) is 0 Å². The van der Waals surface area contributed by atoms with Crippen molar-refractivity contribution in [3.05, 3.63) is 65.2 Å². The molecule has 0 saturated carbocycles. The Bertz CT molecular complexity index is 1230. The van der Waals surface area contributed by atoms with Gasteiger partial charge in [0.1, 0.15) is 17.7 Å². The third kappa shape index (κ3) is 3.33. The molecule has 0 fully saturated rings. The predicted molar refractivity (Wildman–Crippen MR) is 102 cm³/mol. The van der Waals surface area contributed by atoms with E-state index in [2.05, 4.69) is 20.4 Å². The van der Waals surface area contributed by atoms with E-state index in [1.807, 2.05) is 0 Å². The Kier molecular flexibility index (Phi) is 4.54. The number of hydrogen-bond donors (Lipinski definition) is 2. The van der Waals surface area contributed by atoms with Gasteiger partial charge in [-0.2, -0.15) is 18.3 Å². The lowest BCUT2D eigenvalue weighted by atomic mass is 10.0. The highest BCUT2D eigenvalue weighted by atomic mass is 35.5. The van der Waals surface area contributed by atoms with Crippen molar-refractivity contribution < 1.29 is 18.0 Å². The molecule has 0 saturated heterocycles. The first kappa shape index (κ1) is 19.0. The summed E-state index contributed by atoms with van der Waals surface area (Å²) in [6.45, 7) is 0. The van der Waals surface area contributed by atoms with Gasteiger partial charge >= 0.3 is 6.18 Å². The van der Waals surface area contributed by atoms with Crippen LogP contribution in [0.1, 0.15) is 16.1 Å². The highest BCUT2D eigenvalue weighted by Crippen LogP contribution is 2.38. The Labute approximate surface area is 167 Å². The quantitative estimate of drug-likeness (QED) is 0.516. The van der Waals surface area contributed by atoms with Gasteiger partial charge in [-0.3, -0.25) is 4.79 Å². The third-order valence-corrected chi connectivity index (χ3v) is 4.77. The highest BCUT2D eigenvalue weighted by molar-refractivity contribution is 6.33. The molecule has 3 aromatic heterocycles. The van der Waals surface area contributed by atoms with E-state index in [0.717, 1.165) is 18.2 Å². The van der Waals surface area contributed by atoms with E-state index in [9.17, 15) is 18.0 Å². The average molecular weight is 420 g/mol. The average Bonchev–Trinajstić information content (AvgIpc) is 3.33. The number of nitrogens with zero attached hydrogens (tertiary/aromatic N) is 3. The molecule has 1 aromatic carbocycles. The zero-order valence-corrected chi connectivity index (χ0v) is 15.6. The molecular formula is C19H13ClF3N5O. The summed E-state index contributed by atoms with van der Waals surface area (Å²) in [6, 6.07) is 8.10. The molecule has 0 atom stereocenters. The van der Waals surface area contributed by atoms with E-state index in [0.29, 0.717) is 16.9 Å². The number of aromatic amines is 1. The van der Waals surface area contributed by atoms with E-state index in [1.54, 1.807) is 28.9 Å². The van der Waals surface area contributed by atoms with Crippen LogP contribution < -0.4 is 5.32 Å². The van der Waals surface area contributed by atoms with Gasteiger partial charge in [0.05, 0.1) is 16.8 Å². The molecule has 4 aromatic rings. The number of halogens is 4. The van der Waals surface area contributed by atoms with E-state index < -0.39 is 17.6 Å². The number of rotatable bonds is 3. The van der Waals surface area contributed by atoms with Crippen molar-refractivity contribution in [1.82, 2.24) is 24.9 Å². The summed E-state index contributed by atoms with van der Waals surface area (Å²) in [5, 5.41) is 6.65. The van der Waals surface area contributed by atoms with Crippen molar-refractivity contribution in [1.29, 1.82) is 0 Å². The molecule has 148 valence electrons. The monoisotopic (exact) mass is 419 g/mol. The van der Waals surface area contributed by atoms with Crippen molar-refractivity contribution in [2.75, 3.05) is 7.05 Å². The maximum atomic E-state index is 13.2. The number of carbonyl (C=O) groups excluding carboxylic acids is 1. The van der Waals surface area contributed by atoms with Crippen LogP contribution >= 0.6 is 11.6 Å². The smallest absolute Gasteiger partial charge is 0.354 e. The summed E-state index contributed by atoms with van der Waals surface area (Å²) in [7, 11) is 1.43. The molecule has 1 amide bonds. The van der Waals surface area contributed by atoms with E-state index in [4.69, 9.17) is 11.6 Å². The molecule has 10 heteroatoms. The molecule has 0 aliphatic carbocycles. The van der Waals surface area contributed by atoms with Gasteiger partial charge in [-0.1, -0.05) is 11.6 Å². The van der Waals surface area contributed by atoms with Gasteiger partial charge in [-0.25, -0.2) is 9.50 Å². The van der Waals surface area contributed by atoms with Crippen LogP contribution in [0.25, 0.3) is 28.0 Å². The second-order valence-corrected chi connectivity index (χ2v) is 6.60. The minimum atomic E-state index is -4.55. The predicted octanol–water partition coefficient (Wildman–Crippen LogP) is 4.42. The second kappa shape index (κ2) is 6.93. The lowest BCUT2D eigenvalue weighted by Crippen LogP contribution is -2.19. The maximum absolute atomic E-state index is 13.2. The third-order valence-electron chi connectivity index (χ3n) is 4.44. The van der Waals surface area contributed by atoms with Crippen molar-refractivity contribution >= 4 is 23.0 Å². The van der Waals surface area contributed by atoms with Gasteiger partial charge in [-0.15, -0.1) is 0 Å². The first-order valence-electron chi connectivity index (χ1n) is 8.40. The van der Waals surface area contributed by atoms with Crippen molar-refractivity contribution in [3.8, 4) is 22.5 Å². The van der Waals surface area contributed by atoms with Crippen LogP contribution in [0.3, 0.4) is 0 Å². The summed E-state index contributed by atoms with van der Waals surface area (Å²) in [5.74, 6) is -0.500. The van der Waals surface area contributed by atoms with Gasteiger partial charge in [0, 0.05) is 29.4 Å². The largest absolute Gasteiger partial charge is 0.416 e. The fraction of sp³-hybridized carbons (Fsp3) is 0.105. The van der Waals surface area contributed by atoms with Crippen LogP contribution in [-0.2, 0) is 6.18 Å². The lowest BCUT2D eigenvalue weighted by Gasteiger charge is -2.11. The zero-order chi connectivity index (χ0) is 20.8. The SMILES string of the molecule is CNC(=O)c1[nH]c(-c2ncnn3cccc23)cc1-c1cc(C(F)(F)F)ccc1Cl. The van der Waals surface area contributed by atoms with E-state index >= 15 is 0 Å². The number of benzene rings is 1. The summed E-state index contributed by atoms with van der Waals surface area (Å²) in [4.78, 5) is 19.6. The maximum Gasteiger partial charge on any atom is 0.416 e. The molecular weight excluding hydrogens is 407 g/mol. The molecule has 0 spiro atoms. The second-order valence-electron chi connectivity index (χ2n) is 6.19. The summed E-state index contributed by atoms with van der Waals surface area (Å²) in [5.41, 5.74) is 1.13. The summed E-state index contributed by atoms with van der Waals surface area (Å²) in [6.07, 6.45) is -1.47. The molecule has 29 heavy (non-hydrogen) atoms. The van der Waals surface area contributed by atoms with Gasteiger partial charge in [0.25, 0.3) is 5.91 Å². The highest BCUT2D eigenvalue weighted by Gasteiger charge is 2.32. The fourth-order valence-corrected chi connectivity index (χ4v) is 3.30. The summed E-state index contributed by atoms with van der Waals surface area (Å²) >= 11 is 6.19. The number of H-pyrrole nitrogens is 1. The van der Waals surface area contributed by atoms with Crippen LogP contribution in [0.15, 0.2) is 48.9 Å². The normalized spacial score (nSPS) is 11.8. The fourth-order valence-electron chi connectivity index (χ4n) is 3.08. The van der Waals surface area contributed by atoms with Crippen molar-refractivity contribution in [3.63, 3.8) is 0 Å². The molecule has 0 aliphatic rings. The Balaban J connectivity index is 1.95. The Morgan fingerprint density at radius 3 is 2.72 bits per heavy atom. The van der Waals surface area contributed by atoms with E-state index in [1.165, 1.54) is 13.4 Å². The molecule has 3 heterocycles. The molecule has 2 N–H and O–H groups in total. The van der Waals surface area contributed by atoms with Crippen molar-refractivity contribution in [2.24, 2.45) is 0 Å². The minimum Gasteiger partial charge on any atom is -0.354 e. The van der Waals surface area contributed by atoms with Crippen LogP contribution in [0.5, 0.6) is 0 Å². The van der Waals surface area contributed by atoms with Gasteiger partial charge in [-0.05, 0) is 36.4 Å². The number of aromatic nitrogens is 4. The van der Waals surface area contributed by atoms with Gasteiger partial charge in [0.15, 0.2) is 0 Å². The standard InChI is InChI=1S/C19H13ClF3N5O/c1-24-18(29)16-12(11-7-10(19(21,22)23)4-5-13(11)20)8-14(27-16)17-15-3-2-6-28(15)26-9-25-17/h2-9,27H,1H3,(H,24,29). The number of alkyl halides is 3. The van der Waals surface area contributed by atoms with Gasteiger partial charge < -0.3 is 10.3 Å². The van der Waals surface area contributed by atoms with Crippen molar-refractivity contribution in [2.45, 2.75) is 6.18 Å². The van der Waals surface area contributed by atoms with E-state index in [-0.39, 0.29) is 21.8 Å². The number of carbonyl (C=O) groups is 1. The first-order chi connectivity index (χ1) is 13.8. The molecule has 6 nitrogen and oxygen atoms in total. The molecule has 0 unspecified atom stereocenters. The number of fused-ring (bicyclic) bond motifs is 1. The molecule has 0 aliphatic heterocycles. The topological polar surface area (TPSA) is 75.1 Å². The first-order valence-corrected chi connectivity index (χ1v) is 8.78. The van der Waals surface area contributed by atoms with Crippen LogP contribution in [0.4, 0.5) is 13.2 Å². The number of amides is 1. The number of nitrogens with one attached hydrogen (secondary N) is 2. The molecule has 0 radical (unpaired) electrons. The number of hydrogen-bond acceptors (Lipinski definition) is 3. The lowest BCUT2D eigenvalue weighted by molar-refractivity contribution is -0.137.